The second-order valence-electron chi connectivity index (χ2n) is 3.18. The second kappa shape index (κ2) is 6.45. The molecule has 1 atom stereocenters. The third kappa shape index (κ3) is 3.60. The molecule has 0 amide bonds. The van der Waals surface area contributed by atoms with Gasteiger partial charge in [-0.2, -0.15) is 0 Å². The number of rotatable bonds is 5. The number of ether oxygens (including phenoxy) is 1. The van der Waals surface area contributed by atoms with Gasteiger partial charge in [-0.25, -0.2) is 4.79 Å². The zero-order valence-corrected chi connectivity index (χ0v) is 10.6. The molecule has 0 fully saturated rings. The number of halogens is 2. The fourth-order valence-electron chi connectivity index (χ4n) is 1.20. The number of allylic oxidation sites excluding steroid dienone is 1. The number of hydrogen-bond donors (Lipinski definition) is 0. The van der Waals surface area contributed by atoms with Crippen LogP contribution in [0.1, 0.15) is 18.9 Å². The minimum absolute atomic E-state index is 0.262. The number of alkyl halides is 1. The second-order valence-corrected chi connectivity index (χ2v) is 4.01. The van der Waals surface area contributed by atoms with E-state index in [-0.39, 0.29) is 5.57 Å². The van der Waals surface area contributed by atoms with Crippen molar-refractivity contribution in [3.8, 4) is 5.75 Å². The molecule has 0 aromatic heterocycles. The molecule has 0 saturated heterocycles. The first kappa shape index (κ1) is 13.8. The molecular formula is C12H10Cl2O3. The van der Waals surface area contributed by atoms with E-state index >= 15 is 0 Å². The summed E-state index contributed by atoms with van der Waals surface area (Å²) in [6.07, 6.45) is 0.588. The summed E-state index contributed by atoms with van der Waals surface area (Å²) in [4.78, 5) is 21.8. The molecule has 1 unspecified atom stereocenters. The quantitative estimate of drug-likeness (QED) is 0.358. The van der Waals surface area contributed by atoms with Crippen LogP contribution in [0.2, 0.25) is 0 Å². The van der Waals surface area contributed by atoms with Crippen LogP contribution in [0, 0.1) is 0 Å². The first-order valence-electron chi connectivity index (χ1n) is 4.95. The molecular weight excluding hydrogens is 263 g/mol. The molecule has 0 N–H and O–H groups in total. The average molecular weight is 273 g/mol. The molecule has 0 bridgehead atoms. The van der Waals surface area contributed by atoms with Crippen molar-refractivity contribution in [3.05, 3.63) is 29.8 Å². The van der Waals surface area contributed by atoms with Crippen molar-refractivity contribution >= 4 is 40.0 Å². The minimum Gasteiger partial charge on any atom is -0.474 e. The summed E-state index contributed by atoms with van der Waals surface area (Å²) in [5, 5.41) is -0.876. The summed E-state index contributed by atoms with van der Waals surface area (Å²) in [5.74, 6) is 1.85. The molecule has 0 aliphatic carbocycles. The van der Waals surface area contributed by atoms with Crippen molar-refractivity contribution in [1.29, 1.82) is 0 Å². The number of para-hydroxylation sites is 1. The predicted molar refractivity (Wildman–Crippen MR) is 67.0 cm³/mol. The van der Waals surface area contributed by atoms with Gasteiger partial charge in [-0.05, 0) is 30.2 Å². The molecule has 3 nitrogen and oxygen atoms in total. The molecule has 90 valence electrons. The zero-order valence-electron chi connectivity index (χ0n) is 9.07. The summed E-state index contributed by atoms with van der Waals surface area (Å²) < 4.78 is 5.38. The van der Waals surface area contributed by atoms with E-state index in [1.807, 2.05) is 6.92 Å². The van der Waals surface area contributed by atoms with Crippen molar-refractivity contribution in [3.63, 3.8) is 0 Å². The Morgan fingerprint density at radius 1 is 1.47 bits per heavy atom. The van der Waals surface area contributed by atoms with Gasteiger partial charge in [0.2, 0.25) is 0 Å². The van der Waals surface area contributed by atoms with Crippen LogP contribution in [-0.4, -0.2) is 16.7 Å². The van der Waals surface area contributed by atoms with Gasteiger partial charge in [0.1, 0.15) is 17.3 Å². The van der Waals surface area contributed by atoms with Crippen LogP contribution in [0.3, 0.4) is 0 Å². The maximum absolute atomic E-state index is 11.1. The number of carbonyl (C=O) groups excluding carboxylic acids is 2. The van der Waals surface area contributed by atoms with Crippen molar-refractivity contribution in [1.82, 2.24) is 0 Å². The molecule has 5 heteroatoms. The Morgan fingerprint density at radius 3 is 2.65 bits per heavy atom. The molecule has 0 heterocycles. The van der Waals surface area contributed by atoms with Gasteiger partial charge in [0.05, 0.1) is 0 Å². The van der Waals surface area contributed by atoms with E-state index in [0.717, 1.165) is 0 Å². The normalized spacial score (nSPS) is 11.5. The summed E-state index contributed by atoms with van der Waals surface area (Å²) in [5.41, 5.74) is -0.502. The first-order chi connectivity index (χ1) is 8.10. The van der Waals surface area contributed by atoms with Crippen LogP contribution >= 0.6 is 23.2 Å². The Morgan fingerprint density at radius 2 is 2.12 bits per heavy atom. The fraction of sp³-hybridized carbons (Fsp3) is 0.250. The van der Waals surface area contributed by atoms with Gasteiger partial charge >= 0.3 is 0 Å². The van der Waals surface area contributed by atoms with Crippen molar-refractivity contribution in [2.75, 3.05) is 0 Å². The zero-order chi connectivity index (χ0) is 12.8. The van der Waals surface area contributed by atoms with Gasteiger partial charge in [-0.3, -0.25) is 4.79 Å². The number of benzene rings is 1. The molecule has 0 spiro atoms. The van der Waals surface area contributed by atoms with E-state index in [1.54, 1.807) is 24.3 Å². The molecule has 0 aliphatic rings. The van der Waals surface area contributed by atoms with E-state index in [4.69, 9.17) is 27.9 Å². The maximum Gasteiger partial charge on any atom is 0.264 e. The highest BCUT2D eigenvalue weighted by Crippen LogP contribution is 2.27. The van der Waals surface area contributed by atoms with Crippen molar-refractivity contribution < 1.29 is 14.3 Å². The van der Waals surface area contributed by atoms with Crippen LogP contribution in [-0.2, 0) is 9.59 Å². The van der Waals surface area contributed by atoms with Gasteiger partial charge in [0.15, 0.2) is 5.56 Å². The lowest BCUT2D eigenvalue weighted by Gasteiger charge is -2.13. The van der Waals surface area contributed by atoms with Crippen LogP contribution in [0.25, 0.3) is 5.57 Å². The van der Waals surface area contributed by atoms with E-state index in [2.05, 4.69) is 0 Å². The highest BCUT2D eigenvalue weighted by Gasteiger charge is 2.17. The average Bonchev–Trinajstić information content (AvgIpc) is 2.31. The first-order valence-corrected chi connectivity index (χ1v) is 5.76. The molecule has 0 aliphatic heterocycles. The van der Waals surface area contributed by atoms with Crippen LogP contribution in [0.5, 0.6) is 5.75 Å². The lowest BCUT2D eigenvalue weighted by molar-refractivity contribution is -0.106. The summed E-state index contributed by atoms with van der Waals surface area (Å²) in [7, 11) is 0. The molecule has 1 rings (SSSR count). The third-order valence-electron chi connectivity index (χ3n) is 2.03. The number of carbonyl (C=O) groups is 1. The maximum atomic E-state index is 11.1. The largest absolute Gasteiger partial charge is 0.474 e. The topological polar surface area (TPSA) is 43.4 Å². The van der Waals surface area contributed by atoms with Gasteiger partial charge in [-0.15, -0.1) is 0 Å². The Balaban J connectivity index is 3.16. The standard InChI is InChI=1S/C12H10Cl2O3/c1-2-11(13)17-10-6-4-3-5-8(10)9(7-15)12(14)16/h3-6,11H,2H2,1H3. The van der Waals surface area contributed by atoms with Gasteiger partial charge in [0.25, 0.3) is 5.24 Å². The molecule has 17 heavy (non-hydrogen) atoms. The smallest absolute Gasteiger partial charge is 0.264 e. The van der Waals surface area contributed by atoms with Gasteiger partial charge < -0.3 is 4.74 Å². The Bertz CT molecular complexity index is 465. The Kier molecular flexibility index (Phi) is 5.23. The Labute approximate surface area is 109 Å². The molecule has 0 saturated carbocycles. The molecule has 1 aromatic rings. The van der Waals surface area contributed by atoms with Crippen LogP contribution < -0.4 is 4.74 Å². The van der Waals surface area contributed by atoms with Crippen LogP contribution in [0.15, 0.2) is 24.3 Å². The van der Waals surface area contributed by atoms with E-state index in [1.165, 1.54) is 5.94 Å². The van der Waals surface area contributed by atoms with Crippen molar-refractivity contribution in [2.24, 2.45) is 0 Å². The van der Waals surface area contributed by atoms with E-state index in [9.17, 15) is 9.59 Å². The lowest BCUT2D eigenvalue weighted by atomic mass is 10.1. The number of hydrogen-bond acceptors (Lipinski definition) is 3. The third-order valence-corrected chi connectivity index (χ3v) is 2.62. The monoisotopic (exact) mass is 272 g/mol. The minimum atomic E-state index is -0.876. The van der Waals surface area contributed by atoms with Gasteiger partial charge in [0, 0.05) is 5.56 Å². The molecule has 1 aromatic carbocycles. The van der Waals surface area contributed by atoms with E-state index in [0.29, 0.717) is 17.7 Å². The van der Waals surface area contributed by atoms with Crippen LogP contribution in [0.4, 0.5) is 0 Å². The molecule has 0 radical (unpaired) electrons. The van der Waals surface area contributed by atoms with Gasteiger partial charge in [-0.1, -0.05) is 30.7 Å². The highest BCUT2D eigenvalue weighted by molar-refractivity contribution is 6.75. The van der Waals surface area contributed by atoms with E-state index < -0.39 is 10.8 Å². The summed E-state index contributed by atoms with van der Waals surface area (Å²) in [6.45, 7) is 1.85. The summed E-state index contributed by atoms with van der Waals surface area (Å²) in [6, 6.07) is 6.53. The summed E-state index contributed by atoms with van der Waals surface area (Å²) >= 11 is 11.1. The van der Waals surface area contributed by atoms with Crippen molar-refractivity contribution in [2.45, 2.75) is 18.9 Å². The SMILES string of the molecule is CCC(Cl)Oc1ccccc1C(=C=O)C(=O)Cl. The fourth-order valence-corrected chi connectivity index (χ4v) is 1.43. The predicted octanol–water partition coefficient (Wildman–Crippen LogP) is 3.02. The lowest BCUT2D eigenvalue weighted by Crippen LogP contribution is -2.09. The highest BCUT2D eigenvalue weighted by atomic mass is 35.5. The Hall–Kier alpha value is -1.28.